The predicted octanol–water partition coefficient (Wildman–Crippen LogP) is 0.606. The van der Waals surface area contributed by atoms with Crippen molar-refractivity contribution in [2.24, 2.45) is 5.92 Å². The zero-order valence-electron chi connectivity index (χ0n) is 10.7. The van der Waals surface area contributed by atoms with Gasteiger partial charge in [-0.15, -0.1) is 0 Å². The van der Waals surface area contributed by atoms with Gasteiger partial charge in [0.25, 0.3) is 5.91 Å². The third kappa shape index (κ3) is 2.30. The van der Waals surface area contributed by atoms with E-state index in [9.17, 15) is 14.4 Å². The minimum Gasteiger partial charge on any atom is -0.319 e. The van der Waals surface area contributed by atoms with Crippen molar-refractivity contribution in [1.82, 2.24) is 10.2 Å². The number of allylic oxidation sites excluding steroid dienone is 2. The molecule has 1 fully saturated rings. The van der Waals surface area contributed by atoms with Crippen LogP contribution in [0.15, 0.2) is 12.2 Å². The summed E-state index contributed by atoms with van der Waals surface area (Å²) in [4.78, 5) is 36.7. The molecular formula is C13H18N2O3. The normalized spacial score (nSPS) is 26.3. The quantitative estimate of drug-likeness (QED) is 0.576. The van der Waals surface area contributed by atoms with E-state index in [2.05, 4.69) is 11.4 Å². The Morgan fingerprint density at radius 1 is 1.50 bits per heavy atom. The molecule has 3 amide bonds. The third-order valence-corrected chi connectivity index (χ3v) is 3.64. The van der Waals surface area contributed by atoms with E-state index in [1.165, 1.54) is 4.90 Å². The van der Waals surface area contributed by atoms with Gasteiger partial charge >= 0.3 is 0 Å². The minimum absolute atomic E-state index is 0.0337. The predicted molar refractivity (Wildman–Crippen MR) is 65.4 cm³/mol. The lowest BCUT2D eigenvalue weighted by molar-refractivity contribution is -0.155. The summed E-state index contributed by atoms with van der Waals surface area (Å²) in [5.41, 5.74) is -0.951. The van der Waals surface area contributed by atoms with Gasteiger partial charge in [0, 0.05) is 6.42 Å². The summed E-state index contributed by atoms with van der Waals surface area (Å²) in [5.74, 6) is -0.697. The monoisotopic (exact) mass is 250 g/mol. The Kier molecular flexibility index (Phi) is 3.24. The fourth-order valence-corrected chi connectivity index (χ4v) is 2.38. The van der Waals surface area contributed by atoms with Gasteiger partial charge in [-0.05, 0) is 32.6 Å². The Hall–Kier alpha value is -1.65. The minimum atomic E-state index is -0.951. The topological polar surface area (TPSA) is 66.5 Å². The molecule has 1 aliphatic heterocycles. The highest BCUT2D eigenvalue weighted by atomic mass is 16.2. The van der Waals surface area contributed by atoms with Gasteiger partial charge in [0.15, 0.2) is 0 Å². The Bertz CT molecular complexity index is 426. The first-order valence-electron chi connectivity index (χ1n) is 6.22. The number of carbonyl (C=O) groups excluding carboxylic acids is 3. The van der Waals surface area contributed by atoms with E-state index in [0.717, 1.165) is 12.8 Å². The van der Waals surface area contributed by atoms with Gasteiger partial charge in [0.1, 0.15) is 12.1 Å². The van der Waals surface area contributed by atoms with E-state index < -0.39 is 17.4 Å². The van der Waals surface area contributed by atoms with Crippen LogP contribution in [0.5, 0.6) is 0 Å². The van der Waals surface area contributed by atoms with Crippen LogP contribution in [0, 0.1) is 5.92 Å². The van der Waals surface area contributed by atoms with E-state index in [4.69, 9.17) is 0 Å². The number of rotatable bonds is 2. The summed E-state index contributed by atoms with van der Waals surface area (Å²) in [7, 11) is 0. The number of nitrogens with zero attached hydrogens (tertiary/aromatic N) is 1. The van der Waals surface area contributed by atoms with Gasteiger partial charge in [0.05, 0.1) is 0 Å². The summed E-state index contributed by atoms with van der Waals surface area (Å²) >= 11 is 0. The summed E-state index contributed by atoms with van der Waals surface area (Å²) in [5, 5.41) is 2.26. The average Bonchev–Trinajstić information content (AvgIpc) is 2.76. The molecule has 0 bridgehead atoms. The smallest absolute Gasteiger partial charge is 0.252 e. The van der Waals surface area contributed by atoms with Crippen molar-refractivity contribution in [1.29, 1.82) is 0 Å². The lowest BCUT2D eigenvalue weighted by Gasteiger charge is -2.40. The fraction of sp³-hybridized carbons (Fsp3) is 0.615. The first-order valence-corrected chi connectivity index (χ1v) is 6.22. The molecule has 2 aliphatic rings. The molecule has 1 saturated heterocycles. The number of hydrogen-bond acceptors (Lipinski definition) is 3. The fourth-order valence-electron chi connectivity index (χ4n) is 2.38. The molecular weight excluding hydrogens is 232 g/mol. The molecule has 18 heavy (non-hydrogen) atoms. The lowest BCUT2D eigenvalue weighted by Crippen LogP contribution is -2.65. The zero-order chi connectivity index (χ0) is 13.3. The number of piperazine rings is 1. The van der Waals surface area contributed by atoms with Crippen LogP contribution in [0.4, 0.5) is 0 Å². The van der Waals surface area contributed by atoms with Gasteiger partial charge in [-0.1, -0.05) is 12.2 Å². The Balaban J connectivity index is 2.09. The molecule has 1 unspecified atom stereocenters. The second-order valence-corrected chi connectivity index (χ2v) is 5.39. The van der Waals surface area contributed by atoms with Crippen molar-refractivity contribution in [3.8, 4) is 0 Å². The van der Waals surface area contributed by atoms with E-state index in [-0.39, 0.29) is 18.4 Å². The Morgan fingerprint density at radius 3 is 2.83 bits per heavy atom. The molecule has 5 nitrogen and oxygen atoms in total. The van der Waals surface area contributed by atoms with Crippen LogP contribution >= 0.6 is 0 Å². The van der Waals surface area contributed by atoms with E-state index in [1.807, 2.05) is 6.08 Å². The van der Waals surface area contributed by atoms with Crippen molar-refractivity contribution < 1.29 is 14.4 Å². The molecule has 0 saturated carbocycles. The lowest BCUT2D eigenvalue weighted by atomic mass is 9.96. The molecule has 0 aromatic heterocycles. The first-order chi connectivity index (χ1) is 8.41. The van der Waals surface area contributed by atoms with Crippen LogP contribution in [-0.2, 0) is 14.4 Å². The average molecular weight is 250 g/mol. The Morgan fingerprint density at radius 2 is 2.22 bits per heavy atom. The summed E-state index contributed by atoms with van der Waals surface area (Å²) in [6.45, 7) is 3.29. The number of imide groups is 1. The van der Waals surface area contributed by atoms with Crippen LogP contribution in [0.25, 0.3) is 0 Å². The molecule has 0 aromatic rings. The van der Waals surface area contributed by atoms with Crippen LogP contribution in [0.1, 0.15) is 33.1 Å². The van der Waals surface area contributed by atoms with E-state index in [1.54, 1.807) is 13.8 Å². The molecule has 1 aliphatic carbocycles. The number of amides is 3. The van der Waals surface area contributed by atoms with E-state index >= 15 is 0 Å². The van der Waals surface area contributed by atoms with Gasteiger partial charge in [-0.3, -0.25) is 19.7 Å². The molecule has 0 aromatic carbocycles. The maximum Gasteiger partial charge on any atom is 0.252 e. The summed E-state index contributed by atoms with van der Waals surface area (Å²) in [6.07, 6.45) is 6.45. The largest absolute Gasteiger partial charge is 0.319 e. The second kappa shape index (κ2) is 4.55. The molecule has 5 heteroatoms. The number of carbonyl (C=O) groups is 3. The van der Waals surface area contributed by atoms with Crippen LogP contribution in [0.2, 0.25) is 0 Å². The van der Waals surface area contributed by atoms with Crippen LogP contribution in [0.3, 0.4) is 0 Å². The summed E-state index contributed by atoms with van der Waals surface area (Å²) < 4.78 is 0. The molecule has 1 atom stereocenters. The second-order valence-electron chi connectivity index (χ2n) is 5.39. The van der Waals surface area contributed by atoms with Crippen molar-refractivity contribution in [3.05, 3.63) is 12.2 Å². The highest BCUT2D eigenvalue weighted by Crippen LogP contribution is 2.25. The maximum absolute atomic E-state index is 12.2. The third-order valence-electron chi connectivity index (χ3n) is 3.64. The van der Waals surface area contributed by atoms with Gasteiger partial charge < -0.3 is 4.90 Å². The Labute approximate surface area is 106 Å². The molecule has 1 heterocycles. The number of nitrogens with one attached hydrogen (secondary N) is 1. The number of hydrogen-bond donors (Lipinski definition) is 1. The highest BCUT2D eigenvalue weighted by molar-refractivity contribution is 6.06. The van der Waals surface area contributed by atoms with Crippen molar-refractivity contribution >= 4 is 17.7 Å². The highest BCUT2D eigenvalue weighted by Gasteiger charge is 2.43. The van der Waals surface area contributed by atoms with Crippen molar-refractivity contribution in [2.45, 2.75) is 38.6 Å². The van der Waals surface area contributed by atoms with Crippen LogP contribution in [-0.4, -0.2) is 34.7 Å². The molecule has 0 spiro atoms. The molecule has 1 N–H and O–H groups in total. The summed E-state index contributed by atoms with van der Waals surface area (Å²) in [6, 6.07) is 0. The van der Waals surface area contributed by atoms with Crippen LogP contribution < -0.4 is 5.32 Å². The van der Waals surface area contributed by atoms with Gasteiger partial charge in [0.2, 0.25) is 11.8 Å². The molecule has 98 valence electrons. The molecule has 2 rings (SSSR count). The molecule has 0 radical (unpaired) electrons. The van der Waals surface area contributed by atoms with Crippen molar-refractivity contribution in [2.75, 3.05) is 6.54 Å². The zero-order valence-corrected chi connectivity index (χ0v) is 10.7. The van der Waals surface area contributed by atoms with E-state index in [0.29, 0.717) is 6.42 Å². The SMILES string of the molecule is CC1(C)C(=O)NC(=O)CN1C(=O)CC1C=CCC1. The standard InChI is InChI=1S/C13H18N2O3/c1-13(2)12(18)14-10(16)8-15(13)11(17)7-9-5-3-4-6-9/h3,5,9H,4,6-8H2,1-2H3,(H,14,16,18). The van der Waals surface area contributed by atoms with Gasteiger partial charge in [-0.2, -0.15) is 0 Å². The first kappa shape index (κ1) is 12.8. The van der Waals surface area contributed by atoms with Gasteiger partial charge in [-0.25, -0.2) is 0 Å². The van der Waals surface area contributed by atoms with Crippen molar-refractivity contribution in [3.63, 3.8) is 0 Å². The maximum atomic E-state index is 12.2.